The number of carbonyl (C=O) groups excluding carboxylic acids is 1. The zero-order valence-electron chi connectivity index (χ0n) is 11.2. The molecule has 0 unspecified atom stereocenters. The highest BCUT2D eigenvalue weighted by Gasteiger charge is 2.05. The van der Waals surface area contributed by atoms with Crippen molar-refractivity contribution < 1.29 is 9.53 Å². The minimum absolute atomic E-state index is 0.145. The van der Waals surface area contributed by atoms with E-state index in [-0.39, 0.29) is 6.03 Å². The van der Waals surface area contributed by atoms with Crippen molar-refractivity contribution in [2.24, 2.45) is 0 Å². The molecule has 4 nitrogen and oxygen atoms in total. The van der Waals surface area contributed by atoms with E-state index in [4.69, 9.17) is 4.74 Å². The Hall–Kier alpha value is -1.55. The highest BCUT2D eigenvalue weighted by atomic mass is 16.5. The number of nitrogens with one attached hydrogen (secondary N) is 2. The quantitative estimate of drug-likeness (QED) is 0.731. The van der Waals surface area contributed by atoms with Gasteiger partial charge in [-0.25, -0.2) is 4.79 Å². The monoisotopic (exact) mass is 250 g/mol. The molecule has 0 bridgehead atoms. The van der Waals surface area contributed by atoms with Gasteiger partial charge in [0.1, 0.15) is 0 Å². The largest absolute Gasteiger partial charge is 0.384 e. The molecule has 1 aromatic rings. The lowest BCUT2D eigenvalue weighted by Gasteiger charge is -2.11. The molecule has 0 aliphatic rings. The Kier molecular flexibility index (Phi) is 6.87. The van der Waals surface area contributed by atoms with Gasteiger partial charge in [0.2, 0.25) is 0 Å². The Balaban J connectivity index is 2.51. The maximum absolute atomic E-state index is 11.7. The van der Waals surface area contributed by atoms with E-state index in [0.717, 1.165) is 30.5 Å². The SMILES string of the molecule is CCCCNC(=O)Nc1ccccc1CCOC. The van der Waals surface area contributed by atoms with Crippen LogP contribution >= 0.6 is 0 Å². The van der Waals surface area contributed by atoms with Crippen molar-refractivity contribution in [1.29, 1.82) is 0 Å². The van der Waals surface area contributed by atoms with Gasteiger partial charge in [0, 0.05) is 19.3 Å². The second kappa shape index (κ2) is 8.53. The lowest BCUT2D eigenvalue weighted by Crippen LogP contribution is -2.29. The smallest absolute Gasteiger partial charge is 0.319 e. The molecular weight excluding hydrogens is 228 g/mol. The summed E-state index contributed by atoms with van der Waals surface area (Å²) in [5.74, 6) is 0. The number of para-hydroxylation sites is 1. The first-order chi connectivity index (χ1) is 8.77. The Morgan fingerprint density at radius 1 is 1.33 bits per heavy atom. The Bertz CT molecular complexity index is 367. The molecule has 0 spiro atoms. The molecular formula is C14H22N2O2. The van der Waals surface area contributed by atoms with Crippen molar-refractivity contribution >= 4 is 11.7 Å². The van der Waals surface area contributed by atoms with Crippen LogP contribution in [0.15, 0.2) is 24.3 Å². The average molecular weight is 250 g/mol. The molecule has 0 aromatic heterocycles. The number of urea groups is 1. The van der Waals surface area contributed by atoms with Crippen LogP contribution in [-0.2, 0) is 11.2 Å². The fourth-order valence-corrected chi connectivity index (χ4v) is 1.62. The first-order valence-electron chi connectivity index (χ1n) is 6.39. The van der Waals surface area contributed by atoms with E-state index in [2.05, 4.69) is 17.6 Å². The highest BCUT2D eigenvalue weighted by molar-refractivity contribution is 5.90. The normalized spacial score (nSPS) is 10.1. The number of rotatable bonds is 7. The fourth-order valence-electron chi connectivity index (χ4n) is 1.62. The maximum atomic E-state index is 11.7. The van der Waals surface area contributed by atoms with E-state index >= 15 is 0 Å². The third-order valence-corrected chi connectivity index (χ3v) is 2.66. The molecule has 2 amide bonds. The molecule has 100 valence electrons. The van der Waals surface area contributed by atoms with Crippen molar-refractivity contribution in [3.05, 3.63) is 29.8 Å². The number of ether oxygens (including phenoxy) is 1. The van der Waals surface area contributed by atoms with Crippen molar-refractivity contribution in [3.63, 3.8) is 0 Å². The molecule has 0 saturated carbocycles. The third-order valence-electron chi connectivity index (χ3n) is 2.66. The summed E-state index contributed by atoms with van der Waals surface area (Å²) >= 11 is 0. The number of hydrogen-bond acceptors (Lipinski definition) is 2. The van der Waals surface area contributed by atoms with Crippen LogP contribution in [0.5, 0.6) is 0 Å². The van der Waals surface area contributed by atoms with Gasteiger partial charge in [-0.3, -0.25) is 0 Å². The second-order valence-electron chi connectivity index (χ2n) is 4.13. The summed E-state index contributed by atoms with van der Waals surface area (Å²) in [6.45, 7) is 3.46. The van der Waals surface area contributed by atoms with Gasteiger partial charge in [0.05, 0.1) is 6.61 Å². The van der Waals surface area contributed by atoms with Gasteiger partial charge >= 0.3 is 6.03 Å². The standard InChI is InChI=1S/C14H22N2O2/c1-3-4-10-15-14(17)16-13-8-6-5-7-12(13)9-11-18-2/h5-8H,3-4,9-11H2,1-2H3,(H2,15,16,17). The van der Waals surface area contributed by atoms with Crippen LogP contribution in [0.1, 0.15) is 25.3 Å². The van der Waals surface area contributed by atoms with E-state index in [1.807, 2.05) is 24.3 Å². The van der Waals surface area contributed by atoms with E-state index in [0.29, 0.717) is 13.2 Å². The van der Waals surface area contributed by atoms with Gasteiger partial charge in [-0.05, 0) is 24.5 Å². The van der Waals surface area contributed by atoms with Gasteiger partial charge in [0.15, 0.2) is 0 Å². The Morgan fingerprint density at radius 3 is 2.83 bits per heavy atom. The Morgan fingerprint density at radius 2 is 2.11 bits per heavy atom. The molecule has 1 aromatic carbocycles. The Labute approximate surface area is 109 Å². The van der Waals surface area contributed by atoms with Crippen molar-refractivity contribution in [1.82, 2.24) is 5.32 Å². The molecule has 0 atom stereocenters. The zero-order valence-corrected chi connectivity index (χ0v) is 11.2. The van der Waals surface area contributed by atoms with Crippen LogP contribution < -0.4 is 10.6 Å². The summed E-state index contributed by atoms with van der Waals surface area (Å²) in [4.78, 5) is 11.7. The number of anilines is 1. The average Bonchev–Trinajstić information content (AvgIpc) is 2.38. The molecule has 0 fully saturated rings. The summed E-state index contributed by atoms with van der Waals surface area (Å²) in [7, 11) is 1.67. The molecule has 0 saturated heterocycles. The topological polar surface area (TPSA) is 50.4 Å². The molecule has 1 rings (SSSR count). The van der Waals surface area contributed by atoms with Gasteiger partial charge in [0.25, 0.3) is 0 Å². The zero-order chi connectivity index (χ0) is 13.2. The van der Waals surface area contributed by atoms with Gasteiger partial charge in [-0.2, -0.15) is 0 Å². The van der Waals surface area contributed by atoms with Crippen LogP contribution in [0.3, 0.4) is 0 Å². The predicted octanol–water partition coefficient (Wildman–Crippen LogP) is 2.80. The summed E-state index contributed by atoms with van der Waals surface area (Å²) in [5.41, 5.74) is 1.94. The number of carbonyl (C=O) groups is 1. The molecule has 2 N–H and O–H groups in total. The van der Waals surface area contributed by atoms with Crippen LogP contribution in [0.25, 0.3) is 0 Å². The molecule has 4 heteroatoms. The first kappa shape index (κ1) is 14.5. The van der Waals surface area contributed by atoms with E-state index < -0.39 is 0 Å². The van der Waals surface area contributed by atoms with E-state index in [1.165, 1.54) is 0 Å². The predicted molar refractivity (Wildman–Crippen MR) is 74.0 cm³/mol. The van der Waals surface area contributed by atoms with E-state index in [1.54, 1.807) is 7.11 Å². The third kappa shape index (κ3) is 5.19. The summed E-state index contributed by atoms with van der Waals surface area (Å²) < 4.78 is 5.06. The second-order valence-corrected chi connectivity index (χ2v) is 4.13. The molecule has 0 radical (unpaired) electrons. The number of unbranched alkanes of at least 4 members (excludes halogenated alkanes) is 1. The number of hydrogen-bond donors (Lipinski definition) is 2. The minimum Gasteiger partial charge on any atom is -0.384 e. The van der Waals surface area contributed by atoms with Crippen LogP contribution in [-0.4, -0.2) is 26.3 Å². The lowest BCUT2D eigenvalue weighted by molar-refractivity contribution is 0.202. The van der Waals surface area contributed by atoms with Crippen molar-refractivity contribution in [3.8, 4) is 0 Å². The van der Waals surface area contributed by atoms with E-state index in [9.17, 15) is 4.79 Å². The fraction of sp³-hybridized carbons (Fsp3) is 0.500. The minimum atomic E-state index is -0.145. The molecule has 0 aliphatic heterocycles. The lowest BCUT2D eigenvalue weighted by atomic mass is 10.1. The van der Waals surface area contributed by atoms with Gasteiger partial charge in [-0.15, -0.1) is 0 Å². The van der Waals surface area contributed by atoms with Gasteiger partial charge < -0.3 is 15.4 Å². The first-order valence-corrected chi connectivity index (χ1v) is 6.39. The number of amides is 2. The van der Waals surface area contributed by atoms with Crippen molar-refractivity contribution in [2.75, 3.05) is 25.6 Å². The maximum Gasteiger partial charge on any atom is 0.319 e. The molecule has 0 aliphatic carbocycles. The number of benzene rings is 1. The molecule has 0 heterocycles. The van der Waals surface area contributed by atoms with Crippen LogP contribution in [0, 0.1) is 0 Å². The van der Waals surface area contributed by atoms with Crippen molar-refractivity contribution in [2.45, 2.75) is 26.2 Å². The summed E-state index contributed by atoms with van der Waals surface area (Å²) in [5, 5.41) is 5.71. The molecule has 18 heavy (non-hydrogen) atoms. The highest BCUT2D eigenvalue weighted by Crippen LogP contribution is 2.15. The van der Waals surface area contributed by atoms with Crippen LogP contribution in [0.2, 0.25) is 0 Å². The summed E-state index contributed by atoms with van der Waals surface area (Å²) in [6, 6.07) is 7.64. The summed E-state index contributed by atoms with van der Waals surface area (Å²) in [6.07, 6.45) is 2.87. The van der Waals surface area contributed by atoms with Crippen LogP contribution in [0.4, 0.5) is 10.5 Å². The number of methoxy groups -OCH3 is 1. The van der Waals surface area contributed by atoms with Gasteiger partial charge in [-0.1, -0.05) is 31.5 Å².